The Morgan fingerprint density at radius 2 is 1.94 bits per heavy atom. The van der Waals surface area contributed by atoms with Crippen molar-refractivity contribution in [1.82, 2.24) is 0 Å². The molecule has 5 heteroatoms. The Labute approximate surface area is 116 Å². The molecule has 0 N–H and O–H groups in total. The first-order chi connectivity index (χ1) is 8.58. The number of para-hydroxylation sites is 1. The summed E-state index contributed by atoms with van der Waals surface area (Å²) in [5.74, 6) is -0.945. The summed E-state index contributed by atoms with van der Waals surface area (Å²) in [5, 5.41) is 0.318. The fraction of sp³-hybridized carbons (Fsp3) is 0. The zero-order chi connectivity index (χ0) is 13.1. The third-order valence-corrected chi connectivity index (χ3v) is 3.19. The fourth-order valence-electron chi connectivity index (χ4n) is 1.34. The average molecular weight is 330 g/mol. The van der Waals surface area contributed by atoms with Gasteiger partial charge in [0.15, 0.2) is 0 Å². The van der Waals surface area contributed by atoms with Gasteiger partial charge in [0.2, 0.25) is 0 Å². The maximum absolute atomic E-state index is 13.1. The molecule has 0 amide bonds. The van der Waals surface area contributed by atoms with E-state index < -0.39 is 11.8 Å². The van der Waals surface area contributed by atoms with E-state index in [-0.39, 0.29) is 11.3 Å². The third kappa shape index (κ3) is 2.89. The van der Waals surface area contributed by atoms with Crippen LogP contribution in [-0.2, 0) is 0 Å². The van der Waals surface area contributed by atoms with E-state index in [0.29, 0.717) is 9.50 Å². The molecular formula is C13H7BrClFO2. The van der Waals surface area contributed by atoms with Gasteiger partial charge in [0.05, 0.1) is 10.6 Å². The number of ether oxygens (including phenoxy) is 1. The van der Waals surface area contributed by atoms with Crippen LogP contribution in [0.25, 0.3) is 0 Å². The predicted octanol–water partition coefficient (Wildman–Crippen LogP) is 4.46. The van der Waals surface area contributed by atoms with Crippen molar-refractivity contribution in [1.29, 1.82) is 0 Å². The molecule has 0 radical (unpaired) electrons. The molecule has 0 aliphatic carbocycles. The molecule has 2 nitrogen and oxygen atoms in total. The van der Waals surface area contributed by atoms with E-state index in [1.165, 1.54) is 12.1 Å². The largest absolute Gasteiger partial charge is 0.421 e. The average Bonchev–Trinajstić information content (AvgIpc) is 2.35. The summed E-state index contributed by atoms with van der Waals surface area (Å²) >= 11 is 9.03. The molecule has 2 aromatic carbocycles. The molecule has 0 aliphatic heterocycles. The third-order valence-electron chi connectivity index (χ3n) is 2.19. The summed E-state index contributed by atoms with van der Waals surface area (Å²) < 4.78 is 18.6. The topological polar surface area (TPSA) is 26.3 Å². The van der Waals surface area contributed by atoms with Gasteiger partial charge in [-0.15, -0.1) is 0 Å². The van der Waals surface area contributed by atoms with Crippen LogP contribution in [-0.4, -0.2) is 5.97 Å². The first kappa shape index (κ1) is 13.1. The first-order valence-electron chi connectivity index (χ1n) is 4.99. The van der Waals surface area contributed by atoms with Crippen molar-refractivity contribution in [2.24, 2.45) is 0 Å². The second kappa shape index (κ2) is 5.50. The van der Waals surface area contributed by atoms with Crippen molar-refractivity contribution in [3.05, 3.63) is 63.3 Å². The number of benzene rings is 2. The lowest BCUT2D eigenvalue weighted by Crippen LogP contribution is -2.10. The van der Waals surface area contributed by atoms with Crippen LogP contribution in [0, 0.1) is 5.82 Å². The molecule has 0 aliphatic rings. The summed E-state index contributed by atoms with van der Waals surface area (Å²) in [7, 11) is 0. The van der Waals surface area contributed by atoms with Crippen LogP contribution in [0.3, 0.4) is 0 Å². The maximum Gasteiger partial charge on any atom is 0.344 e. The Kier molecular flexibility index (Phi) is 3.99. The Bertz CT molecular complexity index is 601. The van der Waals surface area contributed by atoms with E-state index in [1.54, 1.807) is 24.3 Å². The van der Waals surface area contributed by atoms with E-state index in [1.807, 2.05) is 0 Å². The van der Waals surface area contributed by atoms with Crippen molar-refractivity contribution in [3.8, 4) is 5.75 Å². The molecule has 0 saturated heterocycles. The molecule has 2 aromatic rings. The smallest absolute Gasteiger partial charge is 0.344 e. The summed E-state index contributed by atoms with van der Waals surface area (Å²) in [6, 6.07) is 10.4. The van der Waals surface area contributed by atoms with Gasteiger partial charge in [-0.2, -0.15) is 0 Å². The summed E-state index contributed by atoms with van der Waals surface area (Å²) in [5.41, 5.74) is 0.106. The van der Waals surface area contributed by atoms with Gasteiger partial charge < -0.3 is 4.74 Å². The standard InChI is InChI=1S/C13H7BrClFO2/c14-10-6-5-8(16)7-9(10)13(17)18-12-4-2-1-3-11(12)15/h1-7H. The highest BCUT2D eigenvalue weighted by Gasteiger charge is 2.14. The van der Waals surface area contributed by atoms with Crippen LogP contribution in [0.5, 0.6) is 5.75 Å². The lowest BCUT2D eigenvalue weighted by Gasteiger charge is -2.07. The molecule has 0 heterocycles. The molecule has 0 bridgehead atoms. The molecule has 0 unspecified atom stereocenters. The van der Waals surface area contributed by atoms with Crippen LogP contribution < -0.4 is 4.74 Å². The Balaban J connectivity index is 2.28. The van der Waals surface area contributed by atoms with Crippen molar-refractivity contribution in [3.63, 3.8) is 0 Å². The Morgan fingerprint density at radius 3 is 2.67 bits per heavy atom. The zero-order valence-corrected chi connectivity index (χ0v) is 11.3. The van der Waals surface area contributed by atoms with E-state index in [2.05, 4.69) is 15.9 Å². The molecule has 0 spiro atoms. The van der Waals surface area contributed by atoms with Gasteiger partial charge in [-0.3, -0.25) is 0 Å². The Hall–Kier alpha value is -1.39. The van der Waals surface area contributed by atoms with Crippen LogP contribution in [0.2, 0.25) is 5.02 Å². The van der Waals surface area contributed by atoms with Gasteiger partial charge in [0, 0.05) is 4.47 Å². The van der Waals surface area contributed by atoms with Gasteiger partial charge in [-0.1, -0.05) is 23.7 Å². The Morgan fingerprint density at radius 1 is 1.22 bits per heavy atom. The lowest BCUT2D eigenvalue weighted by molar-refractivity contribution is 0.0733. The zero-order valence-electron chi connectivity index (χ0n) is 8.99. The van der Waals surface area contributed by atoms with Crippen molar-refractivity contribution in [2.45, 2.75) is 0 Å². The van der Waals surface area contributed by atoms with Crippen LogP contribution in [0.15, 0.2) is 46.9 Å². The number of carbonyl (C=O) groups excluding carboxylic acids is 1. The molecule has 0 saturated carbocycles. The lowest BCUT2D eigenvalue weighted by atomic mass is 10.2. The summed E-state index contributed by atoms with van der Waals surface area (Å²) in [4.78, 5) is 11.9. The highest BCUT2D eigenvalue weighted by atomic mass is 79.9. The van der Waals surface area contributed by atoms with Gasteiger partial charge in [0.1, 0.15) is 11.6 Å². The second-order valence-corrected chi connectivity index (χ2v) is 4.71. The van der Waals surface area contributed by atoms with Crippen LogP contribution >= 0.6 is 27.5 Å². The van der Waals surface area contributed by atoms with Crippen molar-refractivity contribution < 1.29 is 13.9 Å². The molecule has 92 valence electrons. The minimum absolute atomic E-state index is 0.106. The summed E-state index contributed by atoms with van der Waals surface area (Å²) in [6.45, 7) is 0. The van der Waals surface area contributed by atoms with E-state index in [0.717, 1.165) is 6.07 Å². The molecule has 0 atom stereocenters. The van der Waals surface area contributed by atoms with E-state index in [4.69, 9.17) is 16.3 Å². The second-order valence-electron chi connectivity index (χ2n) is 3.44. The minimum Gasteiger partial charge on any atom is -0.421 e. The van der Waals surface area contributed by atoms with E-state index >= 15 is 0 Å². The summed E-state index contributed by atoms with van der Waals surface area (Å²) in [6.07, 6.45) is 0. The number of halogens is 3. The number of rotatable bonds is 2. The van der Waals surface area contributed by atoms with Crippen molar-refractivity contribution in [2.75, 3.05) is 0 Å². The predicted molar refractivity (Wildman–Crippen MR) is 70.5 cm³/mol. The quantitative estimate of drug-likeness (QED) is 0.600. The molecule has 18 heavy (non-hydrogen) atoms. The van der Waals surface area contributed by atoms with Crippen LogP contribution in [0.1, 0.15) is 10.4 Å². The van der Waals surface area contributed by atoms with Gasteiger partial charge in [-0.05, 0) is 46.3 Å². The number of esters is 1. The SMILES string of the molecule is O=C(Oc1ccccc1Cl)c1cc(F)ccc1Br. The fourth-order valence-corrected chi connectivity index (χ4v) is 1.92. The number of carbonyl (C=O) groups is 1. The molecule has 0 aromatic heterocycles. The monoisotopic (exact) mass is 328 g/mol. The van der Waals surface area contributed by atoms with E-state index in [9.17, 15) is 9.18 Å². The highest BCUT2D eigenvalue weighted by Crippen LogP contribution is 2.26. The van der Waals surface area contributed by atoms with Gasteiger partial charge in [0.25, 0.3) is 0 Å². The minimum atomic E-state index is -0.672. The maximum atomic E-state index is 13.1. The normalized spacial score (nSPS) is 10.2. The molecule has 2 rings (SSSR count). The molecular weight excluding hydrogens is 322 g/mol. The van der Waals surface area contributed by atoms with Gasteiger partial charge >= 0.3 is 5.97 Å². The van der Waals surface area contributed by atoms with Crippen LogP contribution in [0.4, 0.5) is 4.39 Å². The van der Waals surface area contributed by atoms with Gasteiger partial charge in [-0.25, -0.2) is 9.18 Å². The number of hydrogen-bond acceptors (Lipinski definition) is 2. The highest BCUT2D eigenvalue weighted by molar-refractivity contribution is 9.10. The molecule has 0 fully saturated rings. The number of hydrogen-bond donors (Lipinski definition) is 0. The first-order valence-corrected chi connectivity index (χ1v) is 6.17. The van der Waals surface area contributed by atoms with Crippen molar-refractivity contribution >= 4 is 33.5 Å².